The van der Waals surface area contributed by atoms with E-state index in [4.69, 9.17) is 9.47 Å². The molecule has 0 atom stereocenters. The predicted molar refractivity (Wildman–Crippen MR) is 114 cm³/mol. The molecule has 0 unspecified atom stereocenters. The number of fused-ring (bicyclic) bond motifs is 1. The molecule has 0 fully saturated rings. The van der Waals surface area contributed by atoms with E-state index in [0.717, 1.165) is 6.07 Å². The fraction of sp³-hybridized carbons (Fsp3) is 0.364. The molecule has 0 N–H and O–H groups in total. The number of aromatic nitrogens is 2. The van der Waals surface area contributed by atoms with Gasteiger partial charge in [0.05, 0.1) is 27.7 Å². The third-order valence-electron chi connectivity index (χ3n) is 4.51. The lowest BCUT2D eigenvalue weighted by molar-refractivity contribution is 0.00696. The third-order valence-corrected chi connectivity index (χ3v) is 5.23. The van der Waals surface area contributed by atoms with Gasteiger partial charge in [-0.05, 0) is 61.0 Å². The van der Waals surface area contributed by atoms with Crippen molar-refractivity contribution >= 4 is 32.9 Å². The molecule has 0 aliphatic rings. The monoisotopic (exact) mass is 498 g/mol. The summed E-state index contributed by atoms with van der Waals surface area (Å²) in [5.41, 5.74) is 0.672. The molecule has 0 radical (unpaired) electrons. The number of rotatable bonds is 6. The molecule has 0 aliphatic heterocycles. The maximum Gasteiger partial charge on any atom is 0.338 e. The van der Waals surface area contributed by atoms with Gasteiger partial charge in [-0.25, -0.2) is 22.9 Å². The van der Waals surface area contributed by atoms with Gasteiger partial charge in [-0.1, -0.05) is 0 Å². The molecule has 5 nitrogen and oxygen atoms in total. The number of carbonyl (C=O) groups is 1. The molecule has 31 heavy (non-hydrogen) atoms. The summed E-state index contributed by atoms with van der Waals surface area (Å²) in [5, 5.41) is 0. The van der Waals surface area contributed by atoms with Gasteiger partial charge in [-0.3, -0.25) is 0 Å². The first kappa shape index (κ1) is 23.3. The van der Waals surface area contributed by atoms with Crippen LogP contribution in [-0.4, -0.2) is 34.8 Å². The van der Waals surface area contributed by atoms with E-state index < -0.39 is 33.5 Å². The van der Waals surface area contributed by atoms with Crippen molar-refractivity contribution in [1.82, 2.24) is 9.55 Å². The van der Waals surface area contributed by atoms with Gasteiger partial charge in [0.15, 0.2) is 11.6 Å². The van der Waals surface area contributed by atoms with Crippen LogP contribution >= 0.6 is 15.9 Å². The highest BCUT2D eigenvalue weighted by atomic mass is 79.9. The molecule has 1 aromatic heterocycles. The Morgan fingerprint density at radius 3 is 2.52 bits per heavy atom. The second kappa shape index (κ2) is 9.00. The topological polar surface area (TPSA) is 53.4 Å². The van der Waals surface area contributed by atoms with Gasteiger partial charge in [0.25, 0.3) is 0 Å². The molecule has 0 saturated carbocycles. The summed E-state index contributed by atoms with van der Waals surface area (Å²) in [5.74, 6) is -3.44. The van der Waals surface area contributed by atoms with Gasteiger partial charge < -0.3 is 14.0 Å². The van der Waals surface area contributed by atoms with Crippen molar-refractivity contribution in [3.8, 4) is 0 Å². The predicted octanol–water partition coefficient (Wildman–Crippen LogP) is 5.41. The lowest BCUT2D eigenvalue weighted by Crippen LogP contribution is -2.23. The van der Waals surface area contributed by atoms with E-state index in [1.165, 1.54) is 7.11 Å². The van der Waals surface area contributed by atoms with Crippen LogP contribution in [-0.2, 0) is 22.4 Å². The number of benzene rings is 2. The Bertz CT molecular complexity index is 1140. The summed E-state index contributed by atoms with van der Waals surface area (Å²) in [6.45, 7) is 5.99. The smallest absolute Gasteiger partial charge is 0.338 e. The zero-order valence-electron chi connectivity index (χ0n) is 17.6. The van der Waals surface area contributed by atoms with Gasteiger partial charge >= 0.3 is 5.97 Å². The van der Waals surface area contributed by atoms with Crippen molar-refractivity contribution in [3.63, 3.8) is 0 Å². The Kier molecular flexibility index (Phi) is 6.76. The maximum absolute atomic E-state index is 14.4. The first-order chi connectivity index (χ1) is 14.5. The molecular formula is C22H22BrF3N2O3. The zero-order valence-corrected chi connectivity index (χ0v) is 19.1. The van der Waals surface area contributed by atoms with Crippen LogP contribution in [0.15, 0.2) is 28.7 Å². The summed E-state index contributed by atoms with van der Waals surface area (Å²) in [6.07, 6.45) is -0.146. The minimum absolute atomic E-state index is 0.146. The number of esters is 1. The molecule has 0 bridgehead atoms. The van der Waals surface area contributed by atoms with Crippen molar-refractivity contribution in [2.24, 2.45) is 0 Å². The van der Waals surface area contributed by atoms with Crippen molar-refractivity contribution < 1.29 is 27.4 Å². The van der Waals surface area contributed by atoms with E-state index in [0.29, 0.717) is 35.6 Å². The minimum atomic E-state index is -1.29. The number of nitrogens with zero attached hydrogens (tertiary/aromatic N) is 2. The van der Waals surface area contributed by atoms with E-state index in [1.807, 2.05) is 0 Å². The highest BCUT2D eigenvalue weighted by Gasteiger charge is 2.22. The fourth-order valence-electron chi connectivity index (χ4n) is 3.12. The quantitative estimate of drug-likeness (QED) is 0.259. The Balaban J connectivity index is 2.07. The van der Waals surface area contributed by atoms with Crippen LogP contribution in [0.1, 0.15) is 42.5 Å². The summed E-state index contributed by atoms with van der Waals surface area (Å²) in [4.78, 5) is 17.0. The van der Waals surface area contributed by atoms with Gasteiger partial charge in [-0.2, -0.15) is 0 Å². The SMILES string of the molecule is COCCn1c(Cc2cc(F)c(Br)c(F)c2F)nc2ccc(C(=O)OC(C)(C)C)cc21. The van der Waals surface area contributed by atoms with Crippen LogP contribution in [0.2, 0.25) is 0 Å². The van der Waals surface area contributed by atoms with E-state index in [-0.39, 0.29) is 12.0 Å². The van der Waals surface area contributed by atoms with E-state index in [9.17, 15) is 18.0 Å². The number of hydrogen-bond acceptors (Lipinski definition) is 4. The van der Waals surface area contributed by atoms with E-state index >= 15 is 0 Å². The number of hydrogen-bond donors (Lipinski definition) is 0. The van der Waals surface area contributed by atoms with Crippen molar-refractivity contribution in [2.75, 3.05) is 13.7 Å². The molecule has 166 valence electrons. The van der Waals surface area contributed by atoms with Crippen molar-refractivity contribution in [2.45, 2.75) is 39.3 Å². The van der Waals surface area contributed by atoms with E-state index in [2.05, 4.69) is 20.9 Å². The first-order valence-electron chi connectivity index (χ1n) is 9.55. The number of halogens is 4. The lowest BCUT2D eigenvalue weighted by Gasteiger charge is -2.19. The molecule has 0 amide bonds. The van der Waals surface area contributed by atoms with Gasteiger partial charge in [-0.15, -0.1) is 0 Å². The molecule has 2 aromatic carbocycles. The average Bonchev–Trinajstić information content (AvgIpc) is 3.03. The number of carbonyl (C=O) groups excluding carboxylic acids is 1. The highest BCUT2D eigenvalue weighted by Crippen LogP contribution is 2.28. The molecule has 0 spiro atoms. The molecule has 1 heterocycles. The number of ether oxygens (including phenoxy) is 2. The fourth-order valence-corrected chi connectivity index (χ4v) is 3.41. The molecule has 0 aliphatic carbocycles. The Morgan fingerprint density at radius 2 is 1.87 bits per heavy atom. The Morgan fingerprint density at radius 1 is 1.16 bits per heavy atom. The highest BCUT2D eigenvalue weighted by molar-refractivity contribution is 9.10. The summed E-state index contributed by atoms with van der Waals surface area (Å²) < 4.78 is 54.1. The normalized spacial score (nSPS) is 11.9. The standard InChI is InChI=1S/C22H22BrF3N2O3/c1-22(2,3)31-21(29)12-5-6-15-16(10-12)28(7-8-30-4)17(27-15)11-13-9-14(24)18(23)20(26)19(13)25/h5-6,9-10H,7-8,11H2,1-4H3. The molecule has 9 heteroatoms. The van der Waals surface area contributed by atoms with Crippen LogP contribution in [0, 0.1) is 17.5 Å². The first-order valence-corrected chi connectivity index (χ1v) is 10.3. The second-order valence-corrected chi connectivity index (χ2v) is 8.81. The van der Waals surface area contributed by atoms with Crippen LogP contribution in [0.5, 0.6) is 0 Å². The molecule has 3 aromatic rings. The lowest BCUT2D eigenvalue weighted by atomic mass is 10.1. The minimum Gasteiger partial charge on any atom is -0.456 e. The zero-order chi connectivity index (χ0) is 22.9. The second-order valence-electron chi connectivity index (χ2n) is 8.01. The largest absolute Gasteiger partial charge is 0.456 e. The third kappa shape index (κ3) is 5.10. The van der Waals surface area contributed by atoms with Crippen molar-refractivity contribution in [3.05, 3.63) is 63.1 Å². The van der Waals surface area contributed by atoms with Crippen LogP contribution in [0.3, 0.4) is 0 Å². The summed E-state index contributed by atoms with van der Waals surface area (Å²) >= 11 is 2.70. The van der Waals surface area contributed by atoms with Gasteiger partial charge in [0.2, 0.25) is 0 Å². The Hall–Kier alpha value is -2.39. The molecule has 0 saturated heterocycles. The average molecular weight is 499 g/mol. The van der Waals surface area contributed by atoms with Crippen LogP contribution in [0.25, 0.3) is 11.0 Å². The number of methoxy groups -OCH3 is 1. The number of imidazole rings is 1. The molecule has 3 rings (SSSR count). The van der Waals surface area contributed by atoms with Gasteiger partial charge in [0, 0.05) is 25.6 Å². The Labute approximate surface area is 186 Å². The van der Waals surface area contributed by atoms with Crippen LogP contribution in [0.4, 0.5) is 13.2 Å². The molecular weight excluding hydrogens is 477 g/mol. The van der Waals surface area contributed by atoms with Gasteiger partial charge in [0.1, 0.15) is 17.2 Å². The summed E-state index contributed by atoms with van der Waals surface area (Å²) in [6, 6.07) is 5.82. The van der Waals surface area contributed by atoms with E-state index in [1.54, 1.807) is 43.5 Å². The maximum atomic E-state index is 14.4. The summed E-state index contributed by atoms with van der Waals surface area (Å²) in [7, 11) is 1.53. The van der Waals surface area contributed by atoms with Crippen molar-refractivity contribution in [1.29, 1.82) is 0 Å². The van der Waals surface area contributed by atoms with Crippen LogP contribution < -0.4 is 0 Å².